The summed E-state index contributed by atoms with van der Waals surface area (Å²) in [5.74, 6) is 0.387. The van der Waals surface area contributed by atoms with Crippen molar-refractivity contribution in [3.63, 3.8) is 0 Å². The molecule has 0 amide bonds. The summed E-state index contributed by atoms with van der Waals surface area (Å²) < 4.78 is 135. The topological polar surface area (TPSA) is 124 Å². The number of benzene rings is 12. The third-order valence-electron chi connectivity index (χ3n) is 22.1. The highest BCUT2D eigenvalue weighted by Crippen LogP contribution is 2.51. The number of alkyl halides is 6. The summed E-state index contributed by atoms with van der Waals surface area (Å²) in [4.78, 5) is 8.52. The number of para-hydroxylation sites is 2. The fraction of sp³-hybridized carbons (Fsp3) is 0.190. The van der Waals surface area contributed by atoms with E-state index in [1.165, 1.54) is 94.5 Å². The molecule has 2 heterocycles. The van der Waals surface area contributed by atoms with Crippen LogP contribution in [0.15, 0.2) is 400 Å². The Hall–Kier alpha value is -11.3. The van der Waals surface area contributed by atoms with Crippen molar-refractivity contribution in [3.05, 3.63) is 408 Å². The molecule has 12 aromatic rings. The number of hydrogen-bond acceptors (Lipinski definition) is 8. The van der Waals surface area contributed by atoms with E-state index >= 15 is 0 Å². The lowest BCUT2D eigenvalue weighted by Gasteiger charge is -2.44. The zero-order valence-electron chi connectivity index (χ0n) is 68.0. The first-order valence-electron chi connectivity index (χ1n) is 39.7. The number of allylic oxidation sites excluding steroid dienone is 8. The van der Waals surface area contributed by atoms with Gasteiger partial charge in [0.15, 0.2) is 24.8 Å². The zero-order chi connectivity index (χ0) is 85.3. The van der Waals surface area contributed by atoms with E-state index in [2.05, 4.69) is 366 Å². The molecule has 2 aliphatic heterocycles. The molecule has 0 bridgehead atoms. The Morgan fingerprint density at radius 3 is 1.08 bits per heavy atom. The number of fused-ring (bicyclic) bond motifs is 2. The number of nitrogens with zero attached hydrogens (tertiary/aromatic N) is 3. The molecule has 12 aromatic carbocycles. The van der Waals surface area contributed by atoms with E-state index in [1.54, 1.807) is 18.2 Å². The summed E-state index contributed by atoms with van der Waals surface area (Å²) in [6.45, 7) is 20.8. The van der Waals surface area contributed by atoms with Crippen molar-refractivity contribution in [1.82, 2.24) is 4.58 Å². The minimum absolute atomic E-state index is 0.0146. The van der Waals surface area contributed by atoms with Gasteiger partial charge in [-0.2, -0.15) is 52.8 Å². The minimum Gasteiger partial charge on any atom is -0.744 e. The number of rotatable bonds is 16. The monoisotopic (exact) mass is 1660 g/mol. The van der Waals surface area contributed by atoms with Crippen LogP contribution in [0.25, 0.3) is 0 Å². The standard InChI is InChI=1S/C47H49F3N3.C24H20B.C18H15S.C10H14O3S.CHF3O3S/c1-8-51-40-26-20-32(3)30-38(40)45(4,5)42(51)28-23-33-21-22-34(44(33)53(36-16-12-10-13-17-36)37-18-14-11-15-19-37)24-29-43-46(6,7)39-31-35(47(48,49)50)25-27-41(39)52(43)9-2;1-5-13-21(14-6-1)25(22-15-7-2-8-16-22,23-17-9-3-10-18-23)24-19-11-4-12-20-24;1-4-10-16(11-5-1)19(17-12-6-2-7-13-17)18-14-8-3-9-15-18;1-3-8(2)9-4-6-10(7-5-9)14(11,12)13;2-1(3,4)8(5,6)7/h10-20,23-31H,8-9,21-22H2,1-7H3;1-20H;1-15H;4-8H,3H2,1-2H3,(H,11,12,13);(H,5,6,7)/q+1;-1;+1;;/p-2. The van der Waals surface area contributed by atoms with Crippen molar-refractivity contribution >= 4 is 87.6 Å². The van der Waals surface area contributed by atoms with E-state index in [9.17, 15) is 39.3 Å². The summed E-state index contributed by atoms with van der Waals surface area (Å²) in [5.41, 5.74) is 12.8. The Morgan fingerprint density at radius 1 is 0.445 bits per heavy atom. The molecule has 0 N–H and O–H groups in total. The second-order valence-corrected chi connectivity index (χ2v) is 35.1. The summed E-state index contributed by atoms with van der Waals surface area (Å²) in [6, 6.07) is 114. The van der Waals surface area contributed by atoms with Gasteiger partial charge in [-0.3, -0.25) is 0 Å². The minimum atomic E-state index is -6.09. The van der Waals surface area contributed by atoms with Crippen molar-refractivity contribution < 1.29 is 52.3 Å². The van der Waals surface area contributed by atoms with E-state index in [0.717, 1.165) is 59.8 Å². The van der Waals surface area contributed by atoms with Gasteiger partial charge in [-0.1, -0.05) is 296 Å². The molecular weight excluding hydrogens is 1560 g/mol. The Bertz CT molecular complexity index is 5490. The van der Waals surface area contributed by atoms with Gasteiger partial charge in [0.1, 0.15) is 16.3 Å². The van der Waals surface area contributed by atoms with Crippen LogP contribution in [0.2, 0.25) is 0 Å². The second-order valence-electron chi connectivity index (χ2n) is 30.3. The van der Waals surface area contributed by atoms with Gasteiger partial charge in [-0.05, 0) is 148 Å². The van der Waals surface area contributed by atoms with E-state index < -0.39 is 49.0 Å². The van der Waals surface area contributed by atoms with Gasteiger partial charge in [-0.15, -0.1) is 0 Å². The lowest BCUT2D eigenvalue weighted by Crippen LogP contribution is -2.74. The van der Waals surface area contributed by atoms with Crippen LogP contribution in [0, 0.1) is 6.92 Å². The molecule has 9 nitrogen and oxygen atoms in total. The highest BCUT2D eigenvalue weighted by atomic mass is 32.2. The molecule has 1 fully saturated rings. The van der Waals surface area contributed by atoms with Crippen molar-refractivity contribution in [2.75, 3.05) is 22.9 Å². The third kappa shape index (κ3) is 20.5. The highest BCUT2D eigenvalue weighted by Gasteiger charge is 2.44. The third-order valence-corrected chi connectivity index (χ3v) is 25.7. The van der Waals surface area contributed by atoms with E-state index in [1.807, 2.05) is 26.0 Å². The lowest BCUT2D eigenvalue weighted by molar-refractivity contribution is -0.137. The molecule has 1 atom stereocenters. The number of anilines is 2. The van der Waals surface area contributed by atoms with Crippen LogP contribution in [-0.2, 0) is 48.1 Å². The van der Waals surface area contributed by atoms with Gasteiger partial charge in [0.05, 0.1) is 21.4 Å². The summed E-state index contributed by atoms with van der Waals surface area (Å²) >= 11 is 0. The van der Waals surface area contributed by atoms with Crippen LogP contribution in [0.4, 0.5) is 49.1 Å². The Kier molecular flexibility index (Phi) is 28.7. The fourth-order valence-corrected chi connectivity index (χ4v) is 18.5. The summed E-state index contributed by atoms with van der Waals surface area (Å²) in [6.07, 6.45) is 6.10. The van der Waals surface area contributed by atoms with Crippen LogP contribution >= 0.6 is 0 Å². The van der Waals surface area contributed by atoms with Crippen molar-refractivity contribution in [3.8, 4) is 0 Å². The number of hydrogen-bond donors (Lipinski definition) is 0. The fourth-order valence-electron chi connectivity index (χ4n) is 16.0. The molecule has 1 aliphatic carbocycles. The molecule has 0 aromatic heterocycles. The first-order chi connectivity index (χ1) is 56.8. The zero-order valence-corrected chi connectivity index (χ0v) is 70.5. The normalized spacial score (nSPS) is 15.8. The van der Waals surface area contributed by atoms with Crippen LogP contribution in [-0.4, -0.2) is 56.4 Å². The molecule has 1 unspecified atom stereocenters. The van der Waals surface area contributed by atoms with Crippen LogP contribution in [0.3, 0.4) is 0 Å². The molecule has 3 aliphatic rings. The van der Waals surface area contributed by atoms with Gasteiger partial charge < -0.3 is 18.9 Å². The maximum absolute atomic E-state index is 13.8. The Balaban J connectivity index is 0.000000172. The van der Waals surface area contributed by atoms with Gasteiger partial charge >= 0.3 is 11.7 Å². The number of likely N-dealkylation sites (N-methyl/N-ethyl adjacent to an activating group) is 2. The molecule has 15 rings (SSSR count). The Labute approximate surface area is 700 Å². The van der Waals surface area contributed by atoms with E-state index in [4.69, 9.17) is 13.0 Å². The first kappa shape index (κ1) is 88.5. The molecule has 0 spiro atoms. The number of halogens is 6. The molecule has 612 valence electrons. The molecule has 119 heavy (non-hydrogen) atoms. The van der Waals surface area contributed by atoms with Gasteiger partial charge in [-0.25, -0.2) is 16.8 Å². The molecule has 19 heteroatoms. The smallest absolute Gasteiger partial charge is 0.485 e. The van der Waals surface area contributed by atoms with Crippen LogP contribution in [0.1, 0.15) is 108 Å². The first-order valence-corrected chi connectivity index (χ1v) is 43.7. The Morgan fingerprint density at radius 2 is 0.765 bits per heavy atom. The van der Waals surface area contributed by atoms with Gasteiger partial charge in [0.25, 0.3) is 0 Å². The van der Waals surface area contributed by atoms with Crippen LogP contribution < -0.4 is 36.2 Å². The average molecular weight is 1660 g/mol. The predicted octanol–water partition coefficient (Wildman–Crippen LogP) is 22.3. The van der Waals surface area contributed by atoms with Gasteiger partial charge in [0, 0.05) is 82.1 Å². The molecular formula is C100H97BF6N3O6S3-. The van der Waals surface area contributed by atoms with E-state index in [0.29, 0.717) is 18.0 Å². The van der Waals surface area contributed by atoms with E-state index in [-0.39, 0.29) is 21.2 Å². The SMILES string of the molecule is CCC(C)c1ccc(S(=O)(=O)[O-])cc1.CCN1C(=CC=C2CC/C(=C\C=C3\N(CC)c4ccc(C(F)(F)F)cc4C3(C)C)C2=[N+](c2ccccc2)c2ccccc2)C(C)(C)c2cc(C)ccc21.O=S(=O)([O-])C(F)(F)F.c1ccc([B-](c2ccccc2)(c2ccccc2)c2ccccc2)cc1.c1ccc([S+](c2ccccc2)c2ccccc2)cc1. The number of aryl methyl sites for hydroxylation is 1. The lowest BCUT2D eigenvalue weighted by atomic mass is 9.13. The molecule has 1 saturated carbocycles. The molecule has 0 radical (unpaired) electrons. The second kappa shape index (κ2) is 38.6. The summed E-state index contributed by atoms with van der Waals surface area (Å²) in [7, 11) is -10.4. The molecule has 0 saturated heterocycles. The summed E-state index contributed by atoms with van der Waals surface area (Å²) in [5, 5.41) is 0. The average Bonchev–Trinajstić information content (AvgIpc) is 1.66. The highest BCUT2D eigenvalue weighted by molar-refractivity contribution is 7.97. The predicted molar refractivity (Wildman–Crippen MR) is 476 cm³/mol. The largest absolute Gasteiger partial charge is 0.744 e. The quantitative estimate of drug-likeness (QED) is 0.0234. The maximum atomic E-state index is 13.8. The van der Waals surface area contributed by atoms with Crippen molar-refractivity contribution in [2.45, 2.75) is 130 Å². The van der Waals surface area contributed by atoms with Crippen molar-refractivity contribution in [1.29, 1.82) is 0 Å². The van der Waals surface area contributed by atoms with Crippen LogP contribution in [0.5, 0.6) is 0 Å². The van der Waals surface area contributed by atoms with Gasteiger partial charge in [0.2, 0.25) is 17.1 Å². The maximum Gasteiger partial charge on any atom is 0.485 e. The van der Waals surface area contributed by atoms with Crippen molar-refractivity contribution in [2.24, 2.45) is 0 Å².